The zero-order valence-corrected chi connectivity index (χ0v) is 14.9. The van der Waals surface area contributed by atoms with Crippen LogP contribution >= 0.6 is 0 Å². The zero-order chi connectivity index (χ0) is 18.7. The van der Waals surface area contributed by atoms with Gasteiger partial charge in [0.2, 0.25) is 5.75 Å². The van der Waals surface area contributed by atoms with Gasteiger partial charge in [-0.3, -0.25) is 9.79 Å². The Balaban J connectivity index is 1.81. The van der Waals surface area contributed by atoms with Gasteiger partial charge in [0, 0.05) is 16.8 Å². The van der Waals surface area contributed by atoms with Gasteiger partial charge in [0.15, 0.2) is 17.3 Å². The van der Waals surface area contributed by atoms with Crippen molar-refractivity contribution in [3.63, 3.8) is 0 Å². The standard InChI is InChI=1S/C19H21N3O4/c1-24-15-8-12(9-16(25-2)18(15)26-3)17(23)14-10-21-19(22-14)11-4-6-13(20)7-5-11/h4-9,14H,10,20H2,1-3H3,(H,21,22). The molecule has 0 aliphatic carbocycles. The third-order valence-electron chi connectivity index (χ3n) is 4.19. The normalized spacial score (nSPS) is 15.8. The molecule has 1 unspecified atom stereocenters. The van der Waals surface area contributed by atoms with E-state index >= 15 is 0 Å². The van der Waals surface area contributed by atoms with Gasteiger partial charge in [-0.2, -0.15) is 0 Å². The van der Waals surface area contributed by atoms with Crippen molar-refractivity contribution < 1.29 is 19.0 Å². The number of aliphatic imine (C=N–C) groups is 1. The monoisotopic (exact) mass is 355 g/mol. The lowest BCUT2D eigenvalue weighted by molar-refractivity contribution is 0.0959. The molecule has 3 N–H and O–H groups in total. The second-order valence-electron chi connectivity index (χ2n) is 5.79. The minimum Gasteiger partial charge on any atom is -0.493 e. The number of nitrogens with two attached hydrogens (primary N) is 1. The molecule has 0 radical (unpaired) electrons. The fraction of sp³-hybridized carbons (Fsp3) is 0.263. The Morgan fingerprint density at radius 1 is 1.08 bits per heavy atom. The van der Waals surface area contributed by atoms with Gasteiger partial charge in [-0.1, -0.05) is 0 Å². The number of benzene rings is 2. The van der Waals surface area contributed by atoms with Crippen molar-refractivity contribution in [3.05, 3.63) is 47.5 Å². The molecule has 0 saturated heterocycles. The van der Waals surface area contributed by atoms with Crippen LogP contribution in [-0.4, -0.2) is 45.5 Å². The fourth-order valence-corrected chi connectivity index (χ4v) is 2.83. The number of anilines is 1. The summed E-state index contributed by atoms with van der Waals surface area (Å²) < 4.78 is 15.9. The minimum atomic E-state index is -0.453. The second-order valence-corrected chi connectivity index (χ2v) is 5.79. The molecule has 0 fully saturated rings. The molecule has 3 rings (SSSR count). The minimum absolute atomic E-state index is 0.0987. The van der Waals surface area contributed by atoms with Crippen LogP contribution in [0.2, 0.25) is 0 Å². The summed E-state index contributed by atoms with van der Waals surface area (Å²) in [5.74, 6) is 1.90. The molecule has 1 aliphatic rings. The number of nitrogens with zero attached hydrogens (tertiary/aromatic N) is 1. The van der Waals surface area contributed by atoms with Gasteiger partial charge in [0.05, 0.1) is 27.9 Å². The number of nitrogens with one attached hydrogen (secondary N) is 1. The summed E-state index contributed by atoms with van der Waals surface area (Å²) in [4.78, 5) is 17.3. The largest absolute Gasteiger partial charge is 0.493 e. The Morgan fingerprint density at radius 2 is 1.69 bits per heavy atom. The zero-order valence-electron chi connectivity index (χ0n) is 14.9. The molecule has 1 heterocycles. The van der Waals surface area contributed by atoms with Crippen LogP contribution in [0.4, 0.5) is 5.69 Å². The van der Waals surface area contributed by atoms with E-state index in [0.29, 0.717) is 40.9 Å². The smallest absolute Gasteiger partial charge is 0.203 e. The van der Waals surface area contributed by atoms with Gasteiger partial charge in [-0.15, -0.1) is 0 Å². The lowest BCUT2D eigenvalue weighted by atomic mass is 10.0. The van der Waals surface area contributed by atoms with E-state index in [0.717, 1.165) is 5.56 Å². The number of methoxy groups -OCH3 is 3. The number of ketones is 1. The highest BCUT2D eigenvalue weighted by Gasteiger charge is 2.28. The maximum Gasteiger partial charge on any atom is 0.203 e. The predicted molar refractivity (Wildman–Crippen MR) is 99.6 cm³/mol. The van der Waals surface area contributed by atoms with Gasteiger partial charge in [-0.25, -0.2) is 0 Å². The molecule has 26 heavy (non-hydrogen) atoms. The van der Waals surface area contributed by atoms with E-state index in [4.69, 9.17) is 19.9 Å². The number of nitrogen functional groups attached to an aromatic ring is 1. The number of ether oxygens (including phenoxy) is 3. The lowest BCUT2D eigenvalue weighted by Crippen LogP contribution is -2.37. The van der Waals surface area contributed by atoms with Crippen LogP contribution in [0.15, 0.2) is 41.4 Å². The molecule has 0 saturated carbocycles. The number of hydrogen-bond donors (Lipinski definition) is 2. The number of rotatable bonds is 6. The Bertz CT molecular complexity index is 821. The molecule has 1 atom stereocenters. The van der Waals surface area contributed by atoms with Crippen molar-refractivity contribution in [1.29, 1.82) is 0 Å². The van der Waals surface area contributed by atoms with Crippen molar-refractivity contribution in [3.8, 4) is 17.2 Å². The first-order valence-corrected chi connectivity index (χ1v) is 8.08. The molecule has 0 aromatic heterocycles. The van der Waals surface area contributed by atoms with Crippen LogP contribution < -0.4 is 25.3 Å². The molecule has 0 spiro atoms. The summed E-state index contributed by atoms with van der Waals surface area (Å²) >= 11 is 0. The highest BCUT2D eigenvalue weighted by Crippen LogP contribution is 2.38. The number of amidine groups is 1. The molecule has 2 aromatic carbocycles. The van der Waals surface area contributed by atoms with Crippen molar-refractivity contribution >= 4 is 17.3 Å². The molecule has 7 heteroatoms. The van der Waals surface area contributed by atoms with Crippen LogP contribution in [-0.2, 0) is 0 Å². The van der Waals surface area contributed by atoms with Crippen LogP contribution in [0, 0.1) is 0 Å². The molecule has 1 aliphatic heterocycles. The van der Waals surface area contributed by atoms with Crippen molar-refractivity contribution in [2.24, 2.45) is 4.99 Å². The Hall–Kier alpha value is -3.22. The summed E-state index contributed by atoms with van der Waals surface area (Å²) in [5.41, 5.74) is 7.74. The van der Waals surface area contributed by atoms with Crippen molar-refractivity contribution in [2.45, 2.75) is 6.04 Å². The highest BCUT2D eigenvalue weighted by atomic mass is 16.5. The number of carbonyl (C=O) groups excluding carboxylic acids is 1. The van der Waals surface area contributed by atoms with E-state index in [1.54, 1.807) is 24.3 Å². The summed E-state index contributed by atoms with van der Waals surface area (Å²) in [6.07, 6.45) is 0. The first kappa shape index (κ1) is 17.6. The lowest BCUT2D eigenvalue weighted by Gasteiger charge is -2.16. The Labute approximate surface area is 151 Å². The first-order chi connectivity index (χ1) is 12.6. The first-order valence-electron chi connectivity index (χ1n) is 8.08. The Morgan fingerprint density at radius 3 is 2.23 bits per heavy atom. The van der Waals surface area contributed by atoms with Crippen LogP contribution in [0.3, 0.4) is 0 Å². The molecule has 136 valence electrons. The number of Topliss-reactive ketones (excluding diaryl/α,β-unsaturated/α-hetero) is 1. The SMILES string of the molecule is COc1cc(C(=O)C2CN=C(c3ccc(N)cc3)N2)cc(OC)c1OC. The van der Waals surface area contributed by atoms with E-state index in [-0.39, 0.29) is 5.78 Å². The van der Waals surface area contributed by atoms with Crippen LogP contribution in [0.1, 0.15) is 15.9 Å². The molecule has 0 bridgehead atoms. The van der Waals surface area contributed by atoms with E-state index in [1.165, 1.54) is 21.3 Å². The summed E-state index contributed by atoms with van der Waals surface area (Å²) in [5, 5.41) is 3.18. The molecular formula is C19H21N3O4. The average molecular weight is 355 g/mol. The summed E-state index contributed by atoms with van der Waals surface area (Å²) in [6, 6.07) is 10.2. The van der Waals surface area contributed by atoms with E-state index in [9.17, 15) is 4.79 Å². The maximum atomic E-state index is 12.9. The fourth-order valence-electron chi connectivity index (χ4n) is 2.83. The third kappa shape index (κ3) is 3.28. The summed E-state index contributed by atoms with van der Waals surface area (Å²) in [6.45, 7) is 0.356. The van der Waals surface area contributed by atoms with Crippen LogP contribution in [0.25, 0.3) is 0 Å². The quantitative estimate of drug-likeness (QED) is 0.607. The van der Waals surface area contributed by atoms with E-state index in [2.05, 4.69) is 10.3 Å². The Kier molecular flexibility index (Phi) is 4.97. The number of hydrogen-bond acceptors (Lipinski definition) is 7. The van der Waals surface area contributed by atoms with Gasteiger partial charge in [0.25, 0.3) is 0 Å². The van der Waals surface area contributed by atoms with Crippen LogP contribution in [0.5, 0.6) is 17.2 Å². The van der Waals surface area contributed by atoms with Crippen molar-refractivity contribution in [2.75, 3.05) is 33.6 Å². The maximum absolute atomic E-state index is 12.9. The molecular weight excluding hydrogens is 334 g/mol. The van der Waals surface area contributed by atoms with E-state index < -0.39 is 6.04 Å². The van der Waals surface area contributed by atoms with Crippen molar-refractivity contribution in [1.82, 2.24) is 5.32 Å². The van der Waals surface area contributed by atoms with Gasteiger partial charge >= 0.3 is 0 Å². The molecule has 7 nitrogen and oxygen atoms in total. The highest BCUT2D eigenvalue weighted by molar-refractivity contribution is 6.08. The topological polar surface area (TPSA) is 95.2 Å². The molecule has 2 aromatic rings. The van der Waals surface area contributed by atoms with E-state index in [1.807, 2.05) is 12.1 Å². The van der Waals surface area contributed by atoms with Gasteiger partial charge < -0.3 is 25.3 Å². The van der Waals surface area contributed by atoms with Gasteiger partial charge in [0.1, 0.15) is 11.9 Å². The summed E-state index contributed by atoms with van der Waals surface area (Å²) in [7, 11) is 4.55. The average Bonchev–Trinajstić information content (AvgIpc) is 3.16. The molecule has 0 amide bonds. The van der Waals surface area contributed by atoms with Gasteiger partial charge in [-0.05, 0) is 36.4 Å². The third-order valence-corrected chi connectivity index (χ3v) is 4.19. The number of carbonyl (C=O) groups is 1. The second kappa shape index (κ2) is 7.35. The predicted octanol–water partition coefficient (Wildman–Crippen LogP) is 1.90.